The van der Waals surface area contributed by atoms with Crippen molar-refractivity contribution in [3.63, 3.8) is 0 Å². The van der Waals surface area contributed by atoms with Crippen LogP contribution in [0.3, 0.4) is 0 Å². The number of hydrazone groups is 1. The Hall–Kier alpha value is -5.23. The van der Waals surface area contributed by atoms with Crippen LogP contribution >= 0.6 is 0 Å². The highest BCUT2D eigenvalue weighted by Crippen LogP contribution is 2.23. The number of aromatic nitrogens is 1. The lowest BCUT2D eigenvalue weighted by molar-refractivity contribution is -0.119. The van der Waals surface area contributed by atoms with Crippen LogP contribution in [0.25, 0.3) is 0 Å². The number of carbonyl (C=O) groups is 2. The molecule has 0 unspecified atom stereocenters. The predicted molar refractivity (Wildman–Crippen MR) is 155 cm³/mol. The number of amides is 2. The molecule has 1 aromatic heterocycles. The Morgan fingerprint density at radius 3 is 2.32 bits per heavy atom. The Labute approximate surface area is 237 Å². The van der Waals surface area contributed by atoms with E-state index >= 15 is 0 Å². The molecule has 0 saturated heterocycles. The molecular formula is C29H27N5O6S. The van der Waals surface area contributed by atoms with Gasteiger partial charge in [-0.15, -0.1) is 0 Å². The van der Waals surface area contributed by atoms with Crippen LogP contribution in [0, 0.1) is 0 Å². The van der Waals surface area contributed by atoms with Crippen molar-refractivity contribution in [2.75, 3.05) is 29.9 Å². The minimum absolute atomic E-state index is 0.0292. The van der Waals surface area contributed by atoms with Crippen LogP contribution in [0.2, 0.25) is 0 Å². The zero-order valence-corrected chi connectivity index (χ0v) is 22.8. The fourth-order valence-corrected chi connectivity index (χ4v) is 4.98. The first-order chi connectivity index (χ1) is 19.9. The molecule has 210 valence electrons. The second-order valence-corrected chi connectivity index (χ2v) is 10.3. The van der Waals surface area contributed by atoms with Gasteiger partial charge in [-0.3, -0.25) is 9.59 Å². The Morgan fingerprint density at radius 2 is 1.61 bits per heavy atom. The standard InChI is InChI=1S/C29H27N5O6S/c1-39-26-12-6-5-11-25(26)32-29(36)21-40-23-16-14-22(15-17-23)19-31-33-28(35)20-34(27-13-7-8-18-30-27)41(37,38)24-9-3-2-4-10-24/h2-19H,20-21H2,1H3,(H,32,36)(H,33,35)/b31-19-. The normalized spacial score (nSPS) is 11.0. The van der Waals surface area contributed by atoms with E-state index in [2.05, 4.69) is 20.8 Å². The lowest BCUT2D eigenvalue weighted by Crippen LogP contribution is -2.40. The van der Waals surface area contributed by atoms with Crippen molar-refractivity contribution in [2.24, 2.45) is 5.10 Å². The molecule has 2 N–H and O–H groups in total. The molecule has 0 atom stereocenters. The summed E-state index contributed by atoms with van der Waals surface area (Å²) in [7, 11) is -2.54. The molecule has 2 amide bonds. The van der Waals surface area contributed by atoms with Gasteiger partial charge in [-0.2, -0.15) is 5.10 Å². The Balaban J connectivity index is 1.32. The largest absolute Gasteiger partial charge is 0.495 e. The fourth-order valence-electron chi connectivity index (χ4n) is 3.59. The number of pyridine rings is 1. The number of sulfonamides is 1. The van der Waals surface area contributed by atoms with Crippen molar-refractivity contribution in [1.82, 2.24) is 10.4 Å². The summed E-state index contributed by atoms with van der Waals surface area (Å²) in [6, 6.07) is 26.3. The molecule has 12 heteroatoms. The highest BCUT2D eigenvalue weighted by atomic mass is 32.2. The van der Waals surface area contributed by atoms with Crippen molar-refractivity contribution >= 4 is 39.6 Å². The summed E-state index contributed by atoms with van der Waals surface area (Å²) in [6.45, 7) is -0.741. The second-order valence-electron chi connectivity index (χ2n) is 8.41. The SMILES string of the molecule is COc1ccccc1NC(=O)COc1ccc(/C=N\NC(=O)CN(c2ccccn2)S(=O)(=O)c2ccccc2)cc1. The number of hydrogen-bond donors (Lipinski definition) is 2. The molecule has 0 aliphatic rings. The second kappa shape index (κ2) is 13.7. The third-order valence-electron chi connectivity index (χ3n) is 5.56. The molecule has 11 nitrogen and oxygen atoms in total. The van der Waals surface area contributed by atoms with Crippen molar-refractivity contribution < 1.29 is 27.5 Å². The van der Waals surface area contributed by atoms with E-state index in [9.17, 15) is 18.0 Å². The smallest absolute Gasteiger partial charge is 0.265 e. The zero-order valence-electron chi connectivity index (χ0n) is 22.0. The van der Waals surface area contributed by atoms with E-state index in [0.29, 0.717) is 22.7 Å². The summed E-state index contributed by atoms with van der Waals surface area (Å²) in [6.07, 6.45) is 2.84. The Kier molecular flexibility index (Phi) is 9.62. The molecule has 0 radical (unpaired) electrons. The van der Waals surface area contributed by atoms with E-state index in [1.165, 1.54) is 37.7 Å². The van der Waals surface area contributed by atoms with E-state index in [0.717, 1.165) is 4.31 Å². The lowest BCUT2D eigenvalue weighted by Gasteiger charge is -2.22. The molecule has 0 bridgehead atoms. The number of nitrogens with zero attached hydrogens (tertiary/aromatic N) is 3. The van der Waals surface area contributed by atoms with Gasteiger partial charge < -0.3 is 14.8 Å². The average molecular weight is 574 g/mol. The van der Waals surface area contributed by atoms with Gasteiger partial charge >= 0.3 is 0 Å². The number of methoxy groups -OCH3 is 1. The maximum Gasteiger partial charge on any atom is 0.265 e. The molecule has 0 saturated carbocycles. The van der Waals surface area contributed by atoms with Crippen molar-refractivity contribution in [3.05, 3.63) is 109 Å². The molecule has 0 spiro atoms. The molecule has 1 heterocycles. The minimum Gasteiger partial charge on any atom is -0.495 e. The molecular weight excluding hydrogens is 546 g/mol. The van der Waals surface area contributed by atoms with Crippen LogP contribution in [-0.2, 0) is 19.6 Å². The summed E-state index contributed by atoms with van der Waals surface area (Å²) >= 11 is 0. The van der Waals surface area contributed by atoms with E-state index in [-0.39, 0.29) is 23.2 Å². The minimum atomic E-state index is -4.05. The molecule has 41 heavy (non-hydrogen) atoms. The lowest BCUT2D eigenvalue weighted by atomic mass is 10.2. The van der Waals surface area contributed by atoms with Gasteiger partial charge in [-0.1, -0.05) is 36.4 Å². The van der Waals surface area contributed by atoms with E-state index < -0.39 is 22.5 Å². The monoisotopic (exact) mass is 573 g/mol. The molecule has 4 aromatic rings. The summed E-state index contributed by atoms with van der Waals surface area (Å²) in [5, 5.41) is 6.66. The number of nitrogens with one attached hydrogen (secondary N) is 2. The number of hydrogen-bond acceptors (Lipinski definition) is 8. The highest BCUT2D eigenvalue weighted by Gasteiger charge is 2.27. The van der Waals surface area contributed by atoms with Gasteiger partial charge in [-0.05, 0) is 66.2 Å². The van der Waals surface area contributed by atoms with Crippen molar-refractivity contribution in [3.8, 4) is 11.5 Å². The third kappa shape index (κ3) is 7.90. The third-order valence-corrected chi connectivity index (χ3v) is 7.32. The van der Waals surface area contributed by atoms with Gasteiger partial charge in [0.1, 0.15) is 23.9 Å². The van der Waals surface area contributed by atoms with Crippen LogP contribution in [0.15, 0.2) is 113 Å². The van der Waals surface area contributed by atoms with Gasteiger partial charge in [0.15, 0.2) is 6.61 Å². The van der Waals surface area contributed by atoms with Crippen LogP contribution in [0.5, 0.6) is 11.5 Å². The van der Waals surface area contributed by atoms with E-state index in [4.69, 9.17) is 9.47 Å². The first-order valence-corrected chi connectivity index (χ1v) is 13.8. The first kappa shape index (κ1) is 28.8. The molecule has 4 rings (SSSR count). The number of carbonyl (C=O) groups excluding carboxylic acids is 2. The number of benzene rings is 3. The topological polar surface area (TPSA) is 139 Å². The van der Waals surface area contributed by atoms with Gasteiger partial charge in [0, 0.05) is 6.20 Å². The first-order valence-electron chi connectivity index (χ1n) is 12.3. The maximum absolute atomic E-state index is 13.2. The van der Waals surface area contributed by atoms with Gasteiger partial charge in [0.25, 0.3) is 21.8 Å². The number of para-hydroxylation sites is 2. The number of rotatable bonds is 12. The van der Waals surface area contributed by atoms with Crippen LogP contribution in [0.4, 0.5) is 11.5 Å². The summed E-state index contributed by atoms with van der Waals surface area (Å²) < 4.78 is 38.1. The van der Waals surface area contributed by atoms with Gasteiger partial charge in [-0.25, -0.2) is 23.1 Å². The average Bonchev–Trinajstić information content (AvgIpc) is 3.00. The molecule has 0 fully saturated rings. The number of ether oxygens (including phenoxy) is 2. The zero-order chi connectivity index (χ0) is 29.1. The van der Waals surface area contributed by atoms with Crippen LogP contribution in [0.1, 0.15) is 5.56 Å². The van der Waals surface area contributed by atoms with E-state index in [1.807, 2.05) is 0 Å². The summed E-state index contributed by atoms with van der Waals surface area (Å²) in [4.78, 5) is 29.0. The quantitative estimate of drug-likeness (QED) is 0.195. The Bertz CT molecular complexity index is 1600. The maximum atomic E-state index is 13.2. The summed E-state index contributed by atoms with van der Waals surface area (Å²) in [5.41, 5.74) is 3.52. The molecule has 3 aromatic carbocycles. The molecule has 0 aliphatic heterocycles. The predicted octanol–water partition coefficient (Wildman–Crippen LogP) is 3.45. The number of anilines is 2. The van der Waals surface area contributed by atoms with Crippen molar-refractivity contribution in [1.29, 1.82) is 0 Å². The van der Waals surface area contributed by atoms with E-state index in [1.54, 1.807) is 78.9 Å². The highest BCUT2D eigenvalue weighted by molar-refractivity contribution is 7.92. The van der Waals surface area contributed by atoms with Gasteiger partial charge in [0.2, 0.25) is 0 Å². The Morgan fingerprint density at radius 1 is 0.902 bits per heavy atom. The fraction of sp³-hybridized carbons (Fsp3) is 0.103. The van der Waals surface area contributed by atoms with Crippen LogP contribution in [-0.4, -0.2) is 51.7 Å². The summed E-state index contributed by atoms with van der Waals surface area (Å²) in [5.74, 6) is 0.0873. The van der Waals surface area contributed by atoms with Crippen LogP contribution < -0.4 is 24.5 Å². The van der Waals surface area contributed by atoms with Gasteiger partial charge in [0.05, 0.1) is 23.9 Å². The molecule has 0 aliphatic carbocycles. The van der Waals surface area contributed by atoms with Crippen molar-refractivity contribution in [2.45, 2.75) is 4.90 Å².